The smallest absolute Gasteiger partial charge is 0.256 e. The molecule has 0 radical (unpaired) electrons. The summed E-state index contributed by atoms with van der Waals surface area (Å²) in [5, 5.41) is 3.56. The monoisotopic (exact) mass is 447 g/mol. The number of amides is 2. The molecule has 2 amide bonds. The second-order valence-corrected chi connectivity index (χ2v) is 8.38. The minimum absolute atomic E-state index is 0.140. The first-order chi connectivity index (χ1) is 12.5. The fourth-order valence-electron chi connectivity index (χ4n) is 2.18. The Morgan fingerprint density at radius 3 is 2.62 bits per heavy atom. The molecule has 3 rings (SSSR count). The molecule has 0 bridgehead atoms. The standard InChI is InChI=1S/C18H14BrN3O2S2/c19-13-8-4-7-12(9-13)16(24)22-17-15(11-5-2-1-3-6-11)21-18(26-17)25-10-14(20)23/h1-9H,10H2,(H2,20,23)(H,22,24). The third kappa shape index (κ3) is 4.72. The molecular weight excluding hydrogens is 434 g/mol. The van der Waals surface area contributed by atoms with Crippen LogP contribution in [0.5, 0.6) is 0 Å². The van der Waals surface area contributed by atoms with Crippen molar-refractivity contribution in [2.45, 2.75) is 4.34 Å². The zero-order valence-electron chi connectivity index (χ0n) is 13.4. The number of nitrogens with zero attached hydrogens (tertiary/aromatic N) is 1. The second kappa shape index (κ2) is 8.48. The summed E-state index contributed by atoms with van der Waals surface area (Å²) in [6, 6.07) is 16.7. The molecular formula is C18H14BrN3O2S2. The third-order valence-corrected chi connectivity index (χ3v) is 5.94. The molecule has 0 unspecified atom stereocenters. The van der Waals surface area contributed by atoms with E-state index >= 15 is 0 Å². The molecule has 0 saturated carbocycles. The fourth-order valence-corrected chi connectivity index (χ4v) is 4.38. The normalized spacial score (nSPS) is 10.5. The zero-order valence-corrected chi connectivity index (χ0v) is 16.7. The molecule has 0 aliphatic rings. The predicted molar refractivity (Wildman–Crippen MR) is 110 cm³/mol. The number of rotatable bonds is 6. The predicted octanol–water partition coefficient (Wildman–Crippen LogP) is 4.40. The highest BCUT2D eigenvalue weighted by molar-refractivity contribution is 9.10. The largest absolute Gasteiger partial charge is 0.369 e. The van der Waals surface area contributed by atoms with Gasteiger partial charge in [0.2, 0.25) is 5.91 Å². The van der Waals surface area contributed by atoms with E-state index in [2.05, 4.69) is 26.2 Å². The number of carbonyl (C=O) groups excluding carboxylic acids is 2. The number of hydrogen-bond acceptors (Lipinski definition) is 5. The van der Waals surface area contributed by atoms with Gasteiger partial charge in [0.25, 0.3) is 5.91 Å². The van der Waals surface area contributed by atoms with Crippen LogP contribution >= 0.6 is 39.0 Å². The van der Waals surface area contributed by atoms with Gasteiger partial charge in [-0.05, 0) is 18.2 Å². The molecule has 0 spiro atoms. The van der Waals surface area contributed by atoms with Crippen LogP contribution in [0.1, 0.15) is 10.4 Å². The van der Waals surface area contributed by atoms with Crippen LogP contribution in [0.3, 0.4) is 0 Å². The van der Waals surface area contributed by atoms with Gasteiger partial charge < -0.3 is 11.1 Å². The molecule has 2 aromatic carbocycles. The number of anilines is 1. The lowest BCUT2D eigenvalue weighted by Crippen LogP contribution is -2.12. The van der Waals surface area contributed by atoms with Crippen molar-refractivity contribution in [1.29, 1.82) is 0 Å². The van der Waals surface area contributed by atoms with Gasteiger partial charge >= 0.3 is 0 Å². The number of hydrogen-bond donors (Lipinski definition) is 2. The summed E-state index contributed by atoms with van der Waals surface area (Å²) in [6.45, 7) is 0. The summed E-state index contributed by atoms with van der Waals surface area (Å²) in [7, 11) is 0. The maximum absolute atomic E-state index is 12.6. The van der Waals surface area contributed by atoms with Gasteiger partial charge in [-0.3, -0.25) is 9.59 Å². The van der Waals surface area contributed by atoms with Crippen molar-refractivity contribution in [2.75, 3.05) is 11.1 Å². The highest BCUT2D eigenvalue weighted by Crippen LogP contribution is 2.37. The molecule has 132 valence electrons. The topological polar surface area (TPSA) is 85.1 Å². The first-order valence-corrected chi connectivity index (χ1v) is 10.2. The van der Waals surface area contributed by atoms with Gasteiger partial charge in [-0.25, -0.2) is 4.98 Å². The van der Waals surface area contributed by atoms with E-state index in [0.717, 1.165) is 10.0 Å². The molecule has 26 heavy (non-hydrogen) atoms. The number of halogens is 1. The number of primary amides is 1. The van der Waals surface area contributed by atoms with E-state index < -0.39 is 5.91 Å². The molecule has 0 saturated heterocycles. The Morgan fingerprint density at radius 2 is 1.92 bits per heavy atom. The molecule has 1 heterocycles. The van der Waals surface area contributed by atoms with Gasteiger partial charge in [-0.15, -0.1) is 0 Å². The van der Waals surface area contributed by atoms with Crippen LogP contribution < -0.4 is 11.1 Å². The van der Waals surface area contributed by atoms with Crippen molar-refractivity contribution in [3.63, 3.8) is 0 Å². The van der Waals surface area contributed by atoms with Crippen molar-refractivity contribution < 1.29 is 9.59 Å². The quantitative estimate of drug-likeness (QED) is 0.548. The average molecular weight is 448 g/mol. The molecule has 3 N–H and O–H groups in total. The van der Waals surface area contributed by atoms with Gasteiger partial charge in [-0.2, -0.15) is 0 Å². The van der Waals surface area contributed by atoms with Crippen LogP contribution in [-0.4, -0.2) is 22.6 Å². The lowest BCUT2D eigenvalue weighted by molar-refractivity contribution is -0.115. The highest BCUT2D eigenvalue weighted by atomic mass is 79.9. The lowest BCUT2D eigenvalue weighted by Gasteiger charge is -2.05. The summed E-state index contributed by atoms with van der Waals surface area (Å²) in [5.74, 6) is -0.495. The summed E-state index contributed by atoms with van der Waals surface area (Å²) in [4.78, 5) is 28.2. The molecule has 0 aliphatic carbocycles. The number of benzene rings is 2. The van der Waals surface area contributed by atoms with E-state index in [4.69, 9.17) is 5.73 Å². The lowest BCUT2D eigenvalue weighted by atomic mass is 10.1. The van der Waals surface area contributed by atoms with Crippen molar-refractivity contribution in [3.05, 3.63) is 64.6 Å². The van der Waals surface area contributed by atoms with Gasteiger partial charge in [0.1, 0.15) is 10.7 Å². The number of nitrogens with two attached hydrogens (primary N) is 1. The van der Waals surface area contributed by atoms with Crippen LogP contribution in [-0.2, 0) is 4.79 Å². The van der Waals surface area contributed by atoms with E-state index in [1.54, 1.807) is 18.2 Å². The molecule has 1 aromatic heterocycles. The second-order valence-electron chi connectivity index (χ2n) is 5.24. The van der Waals surface area contributed by atoms with Crippen LogP contribution in [0.15, 0.2) is 63.4 Å². The molecule has 8 heteroatoms. The first-order valence-electron chi connectivity index (χ1n) is 7.57. The Bertz CT molecular complexity index is 945. The fraction of sp³-hybridized carbons (Fsp3) is 0.0556. The van der Waals surface area contributed by atoms with E-state index in [9.17, 15) is 9.59 Å². The van der Waals surface area contributed by atoms with E-state index in [-0.39, 0.29) is 11.7 Å². The Kier molecular flexibility index (Phi) is 6.08. The van der Waals surface area contributed by atoms with Crippen molar-refractivity contribution >= 4 is 55.8 Å². The molecule has 0 aliphatic heterocycles. The van der Waals surface area contributed by atoms with Crippen molar-refractivity contribution in [1.82, 2.24) is 4.98 Å². The van der Waals surface area contributed by atoms with Crippen LogP contribution in [0, 0.1) is 0 Å². The Morgan fingerprint density at radius 1 is 1.15 bits per heavy atom. The van der Waals surface area contributed by atoms with Crippen LogP contribution in [0.2, 0.25) is 0 Å². The van der Waals surface area contributed by atoms with Crippen LogP contribution in [0.4, 0.5) is 5.00 Å². The summed E-state index contributed by atoms with van der Waals surface area (Å²) < 4.78 is 1.50. The van der Waals surface area contributed by atoms with Crippen molar-refractivity contribution in [2.24, 2.45) is 5.73 Å². The van der Waals surface area contributed by atoms with E-state index in [1.165, 1.54) is 23.1 Å². The number of carbonyl (C=O) groups is 2. The zero-order chi connectivity index (χ0) is 18.5. The summed E-state index contributed by atoms with van der Waals surface area (Å²) >= 11 is 5.95. The molecule has 5 nitrogen and oxygen atoms in total. The van der Waals surface area contributed by atoms with Crippen molar-refractivity contribution in [3.8, 4) is 11.3 Å². The number of nitrogens with one attached hydrogen (secondary N) is 1. The molecule has 0 atom stereocenters. The number of thiazole rings is 1. The minimum Gasteiger partial charge on any atom is -0.369 e. The average Bonchev–Trinajstić information content (AvgIpc) is 3.03. The summed E-state index contributed by atoms with van der Waals surface area (Å²) in [5.41, 5.74) is 7.31. The van der Waals surface area contributed by atoms with Gasteiger partial charge in [0, 0.05) is 15.6 Å². The van der Waals surface area contributed by atoms with Gasteiger partial charge in [0.15, 0.2) is 4.34 Å². The first kappa shape index (κ1) is 18.6. The Labute approximate surface area is 167 Å². The molecule has 3 aromatic rings. The molecule has 0 fully saturated rings. The summed E-state index contributed by atoms with van der Waals surface area (Å²) in [6.07, 6.45) is 0. The van der Waals surface area contributed by atoms with Gasteiger partial charge in [0.05, 0.1) is 5.75 Å². The van der Waals surface area contributed by atoms with E-state index in [0.29, 0.717) is 20.6 Å². The maximum atomic E-state index is 12.6. The Balaban J connectivity index is 1.91. The Hall–Kier alpha value is -2.16. The third-order valence-electron chi connectivity index (χ3n) is 3.31. The van der Waals surface area contributed by atoms with E-state index in [1.807, 2.05) is 36.4 Å². The number of thioether (sulfide) groups is 1. The highest BCUT2D eigenvalue weighted by Gasteiger charge is 2.17. The minimum atomic E-state index is -0.411. The maximum Gasteiger partial charge on any atom is 0.256 e. The van der Waals surface area contributed by atoms with Gasteiger partial charge in [-0.1, -0.05) is 75.4 Å². The van der Waals surface area contributed by atoms with Crippen LogP contribution in [0.25, 0.3) is 11.3 Å². The SMILES string of the molecule is NC(=O)CSc1nc(-c2ccccc2)c(NC(=O)c2cccc(Br)c2)s1. The number of aromatic nitrogens is 1.